The molecule has 0 radical (unpaired) electrons. The van der Waals surface area contributed by atoms with Gasteiger partial charge in [0.15, 0.2) is 30.7 Å². The first kappa shape index (κ1) is 54.8. The maximum atomic E-state index is 13.6. The first-order valence-electron chi connectivity index (χ1n) is 21.7. The molecule has 0 amide bonds. The van der Waals surface area contributed by atoms with Crippen LogP contribution in [0.4, 0.5) is 0 Å². The Balaban J connectivity index is 3.04. The number of rotatable bonds is 20. The molecule has 0 unspecified atom stereocenters. The summed E-state index contributed by atoms with van der Waals surface area (Å²) in [6.07, 6.45) is -16.9. The predicted octanol–water partition coefficient (Wildman–Crippen LogP) is 4.26. The van der Waals surface area contributed by atoms with E-state index in [4.69, 9.17) is 52.1 Å². The van der Waals surface area contributed by atoms with Crippen LogP contribution in [-0.4, -0.2) is 122 Å². The fourth-order valence-corrected chi connectivity index (χ4v) is 5.47. The Morgan fingerprint density at radius 1 is 0.317 bits per heavy atom. The van der Waals surface area contributed by atoms with Crippen molar-refractivity contribution in [2.75, 3.05) is 13.2 Å². The first-order valence-corrected chi connectivity index (χ1v) is 21.7. The lowest BCUT2D eigenvalue weighted by Gasteiger charge is -2.49. The highest BCUT2D eigenvalue weighted by Crippen LogP contribution is 2.37. The number of carbonyl (C=O) groups is 8. The lowest BCUT2D eigenvalue weighted by molar-refractivity contribution is -0.359. The van der Waals surface area contributed by atoms with E-state index in [0.717, 1.165) is 0 Å². The van der Waals surface area contributed by atoms with Gasteiger partial charge in [-0.1, -0.05) is 111 Å². The summed E-state index contributed by atoms with van der Waals surface area (Å²) in [5.74, 6) is -12.0. The third-order valence-corrected chi connectivity index (χ3v) is 9.52. The number of carbonyl (C=O) groups excluding carboxylic acids is 8. The van der Waals surface area contributed by atoms with Gasteiger partial charge in [-0.2, -0.15) is 0 Å². The van der Waals surface area contributed by atoms with Crippen LogP contribution < -0.4 is 0 Å². The van der Waals surface area contributed by atoms with Gasteiger partial charge in [0, 0.05) is 0 Å². The van der Waals surface area contributed by atoms with Crippen molar-refractivity contribution in [2.45, 2.75) is 172 Å². The zero-order valence-corrected chi connectivity index (χ0v) is 39.6. The van der Waals surface area contributed by atoms with Crippen LogP contribution in [0.5, 0.6) is 0 Å². The van der Waals surface area contributed by atoms with E-state index >= 15 is 0 Å². The molecule has 0 aliphatic carbocycles. The zero-order chi connectivity index (χ0) is 48.2. The van der Waals surface area contributed by atoms with E-state index < -0.39 is 170 Å². The summed E-state index contributed by atoms with van der Waals surface area (Å²) >= 11 is 0. The molecule has 0 aromatic rings. The van der Waals surface area contributed by atoms with Crippen LogP contribution in [0, 0.1) is 47.3 Å². The average molecular weight is 903 g/mol. The van der Waals surface area contributed by atoms with E-state index in [-0.39, 0.29) is 0 Å². The zero-order valence-electron chi connectivity index (χ0n) is 39.6. The van der Waals surface area contributed by atoms with Crippen molar-refractivity contribution >= 4 is 47.8 Å². The summed E-state index contributed by atoms with van der Waals surface area (Å²) in [6, 6.07) is 0. The molecule has 0 spiro atoms. The van der Waals surface area contributed by atoms with Gasteiger partial charge in [-0.05, 0) is 0 Å². The van der Waals surface area contributed by atoms with Gasteiger partial charge in [0.05, 0.1) is 47.3 Å². The second kappa shape index (κ2) is 24.6. The molecule has 0 saturated carbocycles. The Labute approximate surface area is 370 Å². The second-order valence-corrected chi connectivity index (χ2v) is 18.1. The van der Waals surface area contributed by atoms with Gasteiger partial charge in [0.2, 0.25) is 12.4 Å². The van der Waals surface area contributed by atoms with Gasteiger partial charge in [0.25, 0.3) is 0 Å². The van der Waals surface area contributed by atoms with Crippen LogP contribution in [0.15, 0.2) is 0 Å². The minimum atomic E-state index is -1.89. The summed E-state index contributed by atoms with van der Waals surface area (Å²) in [6.45, 7) is 23.6. The molecule has 19 heteroatoms. The van der Waals surface area contributed by atoms with E-state index in [9.17, 15) is 38.4 Å². The monoisotopic (exact) mass is 902 g/mol. The van der Waals surface area contributed by atoms with E-state index in [2.05, 4.69) is 0 Å². The van der Waals surface area contributed by atoms with E-state index in [1.807, 2.05) is 0 Å². The fourth-order valence-electron chi connectivity index (χ4n) is 5.47. The Bertz CT molecular complexity index is 1580. The molecular weight excluding hydrogens is 832 g/mol. The molecule has 10 atom stereocenters. The van der Waals surface area contributed by atoms with Gasteiger partial charge in [-0.3, -0.25) is 38.4 Å². The Kier molecular flexibility index (Phi) is 21.4. The van der Waals surface area contributed by atoms with Crippen molar-refractivity contribution in [2.24, 2.45) is 47.3 Å². The van der Waals surface area contributed by atoms with Crippen molar-refractivity contribution in [1.29, 1.82) is 0 Å². The molecule has 0 aromatic carbocycles. The van der Waals surface area contributed by atoms with E-state index in [0.29, 0.717) is 0 Å². The number of ether oxygens (including phenoxy) is 11. The number of esters is 8. The van der Waals surface area contributed by atoms with E-state index in [1.165, 1.54) is 41.5 Å². The van der Waals surface area contributed by atoms with Crippen molar-refractivity contribution in [1.82, 2.24) is 0 Å². The normalized spacial score (nSPS) is 26.2. The number of hydrogen-bond donors (Lipinski definition) is 0. The number of hydrogen-bond acceptors (Lipinski definition) is 19. The average Bonchev–Trinajstić information content (AvgIpc) is 3.19. The maximum absolute atomic E-state index is 13.6. The second-order valence-electron chi connectivity index (χ2n) is 18.1. The van der Waals surface area contributed by atoms with Crippen molar-refractivity contribution in [3.63, 3.8) is 0 Å². The van der Waals surface area contributed by atoms with Gasteiger partial charge in [-0.25, -0.2) is 0 Å². The minimum absolute atomic E-state index is 0.599. The van der Waals surface area contributed by atoms with Crippen molar-refractivity contribution in [3.05, 3.63) is 0 Å². The Morgan fingerprint density at radius 2 is 0.571 bits per heavy atom. The van der Waals surface area contributed by atoms with Crippen LogP contribution in [-0.2, 0) is 90.5 Å². The SMILES string of the molecule is CC(C)C(=O)OC[C@H]1O[C@@H](O[C@H]2[C@H](OC(=O)C(C)C)[C@@H](OC(=O)C(C)C)[C@H](OC(=O)C(C)C)O[C@@H]2COC(=O)C(C)C)[C@H](OC(=O)C(C)C)[C@@H](OC(=O)C(C)C)[C@H]1OC(=O)C(C)C. The summed E-state index contributed by atoms with van der Waals surface area (Å²) in [5.41, 5.74) is 0. The minimum Gasteiger partial charge on any atom is -0.463 e. The fraction of sp³-hybridized carbons (Fsp3) is 0.818. The summed E-state index contributed by atoms with van der Waals surface area (Å²) in [7, 11) is 0. The van der Waals surface area contributed by atoms with Gasteiger partial charge in [-0.15, -0.1) is 0 Å². The van der Waals surface area contributed by atoms with E-state index in [1.54, 1.807) is 69.2 Å². The quantitative estimate of drug-likeness (QED) is 0.123. The topological polar surface area (TPSA) is 238 Å². The molecule has 2 heterocycles. The maximum Gasteiger partial charge on any atom is 0.310 e. The summed E-state index contributed by atoms with van der Waals surface area (Å²) < 4.78 is 65.9. The van der Waals surface area contributed by atoms with Crippen LogP contribution in [0.2, 0.25) is 0 Å². The first-order chi connectivity index (χ1) is 29.2. The lowest BCUT2D eigenvalue weighted by Crippen LogP contribution is -2.68. The van der Waals surface area contributed by atoms with Crippen LogP contribution in [0.25, 0.3) is 0 Å². The van der Waals surface area contributed by atoms with Gasteiger partial charge in [0.1, 0.15) is 31.5 Å². The molecule has 2 aliphatic heterocycles. The standard InChI is InChI=1S/C44H70O19/c1-19(2)35(45)53-17-27-29(57-37(47)21(5)6)31(58-38(48)22(7)8)33(60-40(50)24(11)12)43(55-27)62-30-28(18-54-36(46)20(3)4)56-44(63-42(52)26(15)16)34(61-41(51)25(13)14)32(30)59-39(49)23(9)10/h19-34,43-44H,17-18H2,1-16H3/t27-,28-,29+,30-,31+,32+,33-,34-,43+,44+/m1/s1. The van der Waals surface area contributed by atoms with Gasteiger partial charge < -0.3 is 52.1 Å². The van der Waals surface area contributed by atoms with Crippen molar-refractivity contribution < 1.29 is 90.5 Å². The Hall–Kier alpha value is -4.36. The molecule has 2 saturated heterocycles. The molecule has 2 fully saturated rings. The molecule has 63 heavy (non-hydrogen) atoms. The molecule has 2 aliphatic rings. The highest BCUT2D eigenvalue weighted by Gasteiger charge is 2.59. The molecule has 19 nitrogen and oxygen atoms in total. The van der Waals surface area contributed by atoms with Crippen LogP contribution >= 0.6 is 0 Å². The smallest absolute Gasteiger partial charge is 0.310 e. The largest absolute Gasteiger partial charge is 0.463 e. The third kappa shape index (κ3) is 16.0. The van der Waals surface area contributed by atoms with Crippen LogP contribution in [0.3, 0.4) is 0 Å². The van der Waals surface area contributed by atoms with Crippen molar-refractivity contribution in [3.8, 4) is 0 Å². The lowest BCUT2D eigenvalue weighted by atomic mass is 9.95. The molecule has 0 aromatic heterocycles. The molecule has 0 bridgehead atoms. The molecule has 360 valence electrons. The third-order valence-electron chi connectivity index (χ3n) is 9.52. The molecule has 2 rings (SSSR count). The predicted molar refractivity (Wildman–Crippen MR) is 218 cm³/mol. The van der Waals surface area contributed by atoms with Crippen LogP contribution in [0.1, 0.15) is 111 Å². The highest BCUT2D eigenvalue weighted by molar-refractivity contribution is 5.75. The summed E-state index contributed by atoms with van der Waals surface area (Å²) in [5, 5.41) is 0. The Morgan fingerprint density at radius 3 is 0.921 bits per heavy atom. The molecule has 0 N–H and O–H groups in total. The summed E-state index contributed by atoms with van der Waals surface area (Å²) in [4.78, 5) is 106. The van der Waals surface area contributed by atoms with Gasteiger partial charge >= 0.3 is 47.8 Å². The molecular formula is C44H70O19. The highest BCUT2D eigenvalue weighted by atomic mass is 16.8.